The smallest absolute Gasteiger partial charge is 0.321 e. The molecule has 0 saturated carbocycles. The predicted octanol–water partition coefficient (Wildman–Crippen LogP) is -0.251. The minimum absolute atomic E-state index is 0.265. The Kier molecular flexibility index (Phi) is 2.92. The van der Waals surface area contributed by atoms with E-state index < -0.39 is 18.1 Å². The number of carboxylic acids is 1. The molecule has 0 spiro atoms. The molecule has 0 bridgehead atoms. The van der Waals surface area contributed by atoms with Crippen molar-refractivity contribution in [3.05, 3.63) is 30.4 Å². The fourth-order valence-electron chi connectivity index (χ4n) is 2.47. The van der Waals surface area contributed by atoms with Gasteiger partial charge >= 0.3 is 5.97 Å². The summed E-state index contributed by atoms with van der Waals surface area (Å²) in [5, 5.41) is 18.7. The lowest BCUT2D eigenvalue weighted by atomic mass is 10.2. The maximum absolute atomic E-state index is 11.1. The van der Waals surface area contributed by atoms with Crippen molar-refractivity contribution in [3.63, 3.8) is 0 Å². The molecule has 0 aromatic carbocycles. The zero-order chi connectivity index (χ0) is 13.4. The van der Waals surface area contributed by atoms with Crippen LogP contribution in [0.5, 0.6) is 0 Å². The zero-order valence-electron chi connectivity index (χ0n) is 10.2. The molecule has 2 unspecified atom stereocenters. The van der Waals surface area contributed by atoms with Crippen molar-refractivity contribution in [1.82, 2.24) is 19.3 Å². The van der Waals surface area contributed by atoms with Crippen LogP contribution in [0.1, 0.15) is 12.1 Å². The van der Waals surface area contributed by atoms with Gasteiger partial charge in [-0.3, -0.25) is 14.1 Å². The van der Waals surface area contributed by atoms with Crippen molar-refractivity contribution >= 4 is 11.7 Å². The Morgan fingerprint density at radius 3 is 3.11 bits per heavy atom. The van der Waals surface area contributed by atoms with Crippen molar-refractivity contribution in [1.29, 1.82) is 0 Å². The van der Waals surface area contributed by atoms with E-state index in [1.54, 1.807) is 21.6 Å². The molecule has 0 aliphatic carbocycles. The van der Waals surface area contributed by atoms with Gasteiger partial charge < -0.3 is 10.2 Å². The van der Waals surface area contributed by atoms with Crippen molar-refractivity contribution < 1.29 is 15.0 Å². The maximum atomic E-state index is 11.1. The van der Waals surface area contributed by atoms with E-state index in [1.165, 1.54) is 0 Å². The number of β-amino-alcohol motifs (C(OH)–C–C–N with tert-alkyl or cyclic N) is 1. The SMILES string of the molecule is O=C(O)C1CC(O)CN1Cc1cn2cccnc2n1. The Balaban J connectivity index is 1.82. The van der Waals surface area contributed by atoms with Crippen LogP contribution in [0.3, 0.4) is 0 Å². The summed E-state index contributed by atoms with van der Waals surface area (Å²) in [5.41, 5.74) is 0.749. The molecule has 7 heteroatoms. The largest absolute Gasteiger partial charge is 0.480 e. The Morgan fingerprint density at radius 1 is 1.53 bits per heavy atom. The van der Waals surface area contributed by atoms with Crippen molar-refractivity contribution in [3.8, 4) is 0 Å². The number of carbonyl (C=O) groups is 1. The summed E-state index contributed by atoms with van der Waals surface area (Å²) in [7, 11) is 0. The fraction of sp³-hybridized carbons (Fsp3) is 0.417. The second-order valence-corrected chi connectivity index (χ2v) is 4.73. The minimum Gasteiger partial charge on any atom is -0.480 e. The van der Waals surface area contributed by atoms with E-state index in [0.717, 1.165) is 5.69 Å². The molecule has 2 aromatic rings. The summed E-state index contributed by atoms with van der Waals surface area (Å²) in [5.74, 6) is -0.317. The summed E-state index contributed by atoms with van der Waals surface area (Å²) in [6.45, 7) is 0.760. The second-order valence-electron chi connectivity index (χ2n) is 4.73. The highest BCUT2D eigenvalue weighted by Gasteiger charge is 2.36. The number of fused-ring (bicyclic) bond motifs is 1. The Bertz CT molecular complexity index is 579. The predicted molar refractivity (Wildman–Crippen MR) is 65.4 cm³/mol. The molecule has 19 heavy (non-hydrogen) atoms. The fourth-order valence-corrected chi connectivity index (χ4v) is 2.47. The topological polar surface area (TPSA) is 91.0 Å². The lowest BCUT2D eigenvalue weighted by Gasteiger charge is -2.19. The molecule has 3 rings (SSSR count). The quantitative estimate of drug-likeness (QED) is 0.792. The molecule has 0 radical (unpaired) electrons. The van der Waals surface area contributed by atoms with E-state index in [0.29, 0.717) is 18.9 Å². The number of nitrogens with zero attached hydrogens (tertiary/aromatic N) is 4. The first-order valence-electron chi connectivity index (χ1n) is 6.07. The third kappa shape index (κ3) is 2.29. The summed E-state index contributed by atoms with van der Waals surface area (Å²) in [6.07, 6.45) is 5.00. The number of likely N-dealkylation sites (tertiary alicyclic amines) is 1. The van der Waals surface area contributed by atoms with Crippen LogP contribution in [0.4, 0.5) is 0 Å². The number of imidazole rings is 1. The number of aliphatic carboxylic acids is 1. The summed E-state index contributed by atoms with van der Waals surface area (Å²) < 4.78 is 1.79. The van der Waals surface area contributed by atoms with E-state index in [9.17, 15) is 9.90 Å². The van der Waals surface area contributed by atoms with Gasteiger partial charge in [-0.1, -0.05) is 0 Å². The second kappa shape index (κ2) is 4.60. The monoisotopic (exact) mass is 262 g/mol. The number of aliphatic hydroxyl groups is 1. The normalized spacial score (nSPS) is 24.1. The molecule has 1 aliphatic heterocycles. The van der Waals surface area contributed by atoms with Crippen LogP contribution in [0.25, 0.3) is 5.78 Å². The van der Waals surface area contributed by atoms with Crippen LogP contribution >= 0.6 is 0 Å². The highest BCUT2D eigenvalue weighted by molar-refractivity contribution is 5.74. The van der Waals surface area contributed by atoms with Gasteiger partial charge in [0.15, 0.2) is 0 Å². The Labute approximate surface area is 109 Å². The van der Waals surface area contributed by atoms with Crippen molar-refractivity contribution in [2.24, 2.45) is 0 Å². The maximum Gasteiger partial charge on any atom is 0.321 e. The highest BCUT2D eigenvalue weighted by atomic mass is 16.4. The van der Waals surface area contributed by atoms with Crippen LogP contribution < -0.4 is 0 Å². The zero-order valence-corrected chi connectivity index (χ0v) is 10.2. The van der Waals surface area contributed by atoms with E-state index in [-0.39, 0.29) is 6.42 Å². The molecule has 100 valence electrons. The first-order valence-corrected chi connectivity index (χ1v) is 6.07. The van der Waals surface area contributed by atoms with Gasteiger partial charge in [0.25, 0.3) is 0 Å². The van der Waals surface area contributed by atoms with Crippen LogP contribution in [0.2, 0.25) is 0 Å². The molecule has 1 saturated heterocycles. The van der Waals surface area contributed by atoms with E-state index in [1.807, 2.05) is 12.4 Å². The van der Waals surface area contributed by atoms with Crippen molar-refractivity contribution in [2.45, 2.75) is 25.1 Å². The molecular formula is C12H14N4O3. The Hall–Kier alpha value is -1.99. The van der Waals surface area contributed by atoms with Gasteiger partial charge in [0.2, 0.25) is 5.78 Å². The van der Waals surface area contributed by atoms with Gasteiger partial charge in [-0.25, -0.2) is 9.97 Å². The molecule has 2 aromatic heterocycles. The van der Waals surface area contributed by atoms with Crippen LogP contribution in [-0.4, -0.2) is 54.1 Å². The summed E-state index contributed by atoms with van der Waals surface area (Å²) in [6, 6.07) is 1.16. The first kappa shape index (κ1) is 12.1. The van der Waals surface area contributed by atoms with Crippen molar-refractivity contribution in [2.75, 3.05) is 6.54 Å². The third-order valence-electron chi connectivity index (χ3n) is 3.32. The Morgan fingerprint density at radius 2 is 2.37 bits per heavy atom. The number of hydrogen-bond donors (Lipinski definition) is 2. The summed E-state index contributed by atoms with van der Waals surface area (Å²) >= 11 is 0. The number of hydrogen-bond acceptors (Lipinski definition) is 5. The van der Waals surface area contributed by atoms with Gasteiger partial charge in [-0.2, -0.15) is 0 Å². The van der Waals surface area contributed by atoms with Crippen LogP contribution in [-0.2, 0) is 11.3 Å². The average Bonchev–Trinajstić information content (AvgIpc) is 2.92. The average molecular weight is 262 g/mol. The number of carboxylic acid groups (broad SMARTS) is 1. The molecule has 2 atom stereocenters. The van der Waals surface area contributed by atoms with Crippen LogP contribution in [0.15, 0.2) is 24.7 Å². The standard InChI is InChI=1S/C12H14N4O3/c17-9-4-10(11(18)19)16(7-9)6-8-5-15-3-1-2-13-12(15)14-8/h1-3,5,9-10,17H,4,6-7H2,(H,18,19). The molecule has 1 fully saturated rings. The molecule has 0 amide bonds. The van der Waals surface area contributed by atoms with Gasteiger partial charge in [0.05, 0.1) is 11.8 Å². The van der Waals surface area contributed by atoms with Gasteiger partial charge in [0, 0.05) is 38.1 Å². The molecule has 7 nitrogen and oxygen atoms in total. The minimum atomic E-state index is -0.904. The number of aromatic nitrogens is 3. The lowest BCUT2D eigenvalue weighted by Crippen LogP contribution is -2.35. The molecular weight excluding hydrogens is 248 g/mol. The number of rotatable bonds is 3. The van der Waals surface area contributed by atoms with E-state index >= 15 is 0 Å². The van der Waals surface area contributed by atoms with Gasteiger partial charge in [-0.15, -0.1) is 0 Å². The van der Waals surface area contributed by atoms with Crippen LogP contribution in [0, 0.1) is 0 Å². The molecule has 3 heterocycles. The van der Waals surface area contributed by atoms with Gasteiger partial charge in [-0.05, 0) is 6.07 Å². The highest BCUT2D eigenvalue weighted by Crippen LogP contribution is 2.20. The van der Waals surface area contributed by atoms with Gasteiger partial charge in [0.1, 0.15) is 6.04 Å². The lowest BCUT2D eigenvalue weighted by molar-refractivity contribution is -0.142. The number of aliphatic hydroxyl groups excluding tert-OH is 1. The third-order valence-corrected chi connectivity index (χ3v) is 3.32. The molecule has 1 aliphatic rings. The summed E-state index contributed by atoms with van der Waals surface area (Å²) in [4.78, 5) is 21.3. The van der Waals surface area contributed by atoms with E-state index in [4.69, 9.17) is 5.11 Å². The first-order chi connectivity index (χ1) is 9.13. The van der Waals surface area contributed by atoms with E-state index in [2.05, 4.69) is 9.97 Å². The molecule has 2 N–H and O–H groups in total.